The molecule has 2 rings (SSSR count). The minimum atomic E-state index is 0.0644. The molecule has 0 bridgehead atoms. The van der Waals surface area contributed by atoms with Crippen LogP contribution in [0.15, 0.2) is 9.85 Å². The molecule has 1 heterocycles. The molecule has 1 aromatic heterocycles. The van der Waals surface area contributed by atoms with E-state index in [0.717, 1.165) is 33.1 Å². The monoisotopic (exact) mass is 301 g/mol. The summed E-state index contributed by atoms with van der Waals surface area (Å²) in [5.41, 5.74) is 1.13. The SMILES string of the molecule is Cc1cc(C(=O)NCCCC2CC2)sc1Br. The fraction of sp³-hybridized carbons (Fsp3) is 0.583. The van der Waals surface area contributed by atoms with Crippen LogP contribution in [0.2, 0.25) is 0 Å². The Morgan fingerprint density at radius 3 is 2.94 bits per heavy atom. The molecule has 1 saturated carbocycles. The lowest BCUT2D eigenvalue weighted by molar-refractivity contribution is 0.0957. The maximum Gasteiger partial charge on any atom is 0.261 e. The van der Waals surface area contributed by atoms with E-state index in [9.17, 15) is 4.79 Å². The average molecular weight is 302 g/mol. The van der Waals surface area contributed by atoms with Crippen molar-refractivity contribution in [2.24, 2.45) is 5.92 Å². The molecule has 0 aromatic carbocycles. The Labute approximate surface area is 109 Å². The van der Waals surface area contributed by atoms with Gasteiger partial charge in [0.15, 0.2) is 0 Å². The minimum Gasteiger partial charge on any atom is -0.351 e. The van der Waals surface area contributed by atoms with Crippen LogP contribution in [0.4, 0.5) is 0 Å². The number of carbonyl (C=O) groups is 1. The van der Waals surface area contributed by atoms with Crippen LogP contribution >= 0.6 is 27.3 Å². The Balaban J connectivity index is 1.73. The van der Waals surface area contributed by atoms with Crippen LogP contribution in [0, 0.1) is 12.8 Å². The fourth-order valence-electron chi connectivity index (χ4n) is 1.66. The second-order valence-electron chi connectivity index (χ2n) is 4.41. The lowest BCUT2D eigenvalue weighted by atomic mass is 10.2. The summed E-state index contributed by atoms with van der Waals surface area (Å²) in [6.45, 7) is 2.81. The summed E-state index contributed by atoms with van der Waals surface area (Å²) in [7, 11) is 0. The summed E-state index contributed by atoms with van der Waals surface area (Å²) < 4.78 is 1.05. The van der Waals surface area contributed by atoms with Gasteiger partial charge in [0.2, 0.25) is 0 Å². The van der Waals surface area contributed by atoms with Crippen molar-refractivity contribution in [2.45, 2.75) is 32.6 Å². The van der Waals surface area contributed by atoms with Crippen molar-refractivity contribution in [2.75, 3.05) is 6.54 Å². The molecule has 0 saturated heterocycles. The molecule has 0 unspecified atom stereocenters. The number of nitrogens with one attached hydrogen (secondary N) is 1. The number of carbonyl (C=O) groups excluding carboxylic acids is 1. The van der Waals surface area contributed by atoms with Gasteiger partial charge in [-0.3, -0.25) is 4.79 Å². The van der Waals surface area contributed by atoms with E-state index in [1.807, 2.05) is 13.0 Å². The first-order valence-electron chi connectivity index (χ1n) is 5.71. The van der Waals surface area contributed by atoms with Gasteiger partial charge in [-0.1, -0.05) is 12.8 Å². The lowest BCUT2D eigenvalue weighted by Gasteiger charge is -2.02. The quantitative estimate of drug-likeness (QED) is 0.825. The number of aryl methyl sites for hydroxylation is 1. The second-order valence-corrected chi connectivity index (χ2v) is 6.78. The Hall–Kier alpha value is -0.350. The summed E-state index contributed by atoms with van der Waals surface area (Å²) in [6, 6.07) is 1.94. The number of hydrogen-bond acceptors (Lipinski definition) is 2. The van der Waals surface area contributed by atoms with Crippen LogP contribution in [0.5, 0.6) is 0 Å². The van der Waals surface area contributed by atoms with E-state index >= 15 is 0 Å². The molecule has 0 radical (unpaired) electrons. The van der Waals surface area contributed by atoms with E-state index in [1.165, 1.54) is 30.6 Å². The molecule has 1 aliphatic carbocycles. The van der Waals surface area contributed by atoms with Crippen LogP contribution in [-0.4, -0.2) is 12.5 Å². The van der Waals surface area contributed by atoms with Gasteiger partial charge >= 0.3 is 0 Å². The third-order valence-corrected chi connectivity index (χ3v) is 4.99. The highest BCUT2D eigenvalue weighted by Gasteiger charge is 2.20. The molecule has 0 spiro atoms. The third-order valence-electron chi connectivity index (χ3n) is 2.85. The van der Waals surface area contributed by atoms with Crippen molar-refractivity contribution in [3.05, 3.63) is 20.3 Å². The zero-order chi connectivity index (χ0) is 11.5. The number of thiophene rings is 1. The predicted octanol–water partition coefficient (Wildman–Crippen LogP) is 3.74. The lowest BCUT2D eigenvalue weighted by Crippen LogP contribution is -2.23. The largest absolute Gasteiger partial charge is 0.351 e. The predicted molar refractivity (Wildman–Crippen MR) is 71.0 cm³/mol. The van der Waals surface area contributed by atoms with Crippen molar-refractivity contribution >= 4 is 33.2 Å². The van der Waals surface area contributed by atoms with Crippen LogP contribution in [-0.2, 0) is 0 Å². The highest BCUT2D eigenvalue weighted by molar-refractivity contribution is 9.11. The standard InChI is InChI=1S/C12H16BrNOS/c1-8-7-10(16-11(8)13)12(15)14-6-2-3-9-4-5-9/h7,9H,2-6H2,1H3,(H,14,15). The van der Waals surface area contributed by atoms with Gasteiger partial charge in [-0.25, -0.2) is 0 Å². The number of hydrogen-bond donors (Lipinski definition) is 1. The first-order valence-corrected chi connectivity index (χ1v) is 7.32. The summed E-state index contributed by atoms with van der Waals surface area (Å²) >= 11 is 4.94. The molecular weight excluding hydrogens is 286 g/mol. The van der Waals surface area contributed by atoms with E-state index in [-0.39, 0.29) is 5.91 Å². The first-order chi connectivity index (χ1) is 7.66. The topological polar surface area (TPSA) is 29.1 Å². The van der Waals surface area contributed by atoms with E-state index in [2.05, 4.69) is 21.2 Å². The van der Waals surface area contributed by atoms with E-state index in [4.69, 9.17) is 0 Å². The van der Waals surface area contributed by atoms with Gasteiger partial charge in [-0.2, -0.15) is 0 Å². The van der Waals surface area contributed by atoms with Crippen LogP contribution < -0.4 is 5.32 Å². The Bertz CT molecular complexity index is 365. The summed E-state index contributed by atoms with van der Waals surface area (Å²) in [5.74, 6) is 1.02. The van der Waals surface area contributed by atoms with Crippen molar-refractivity contribution in [3.8, 4) is 0 Å². The number of halogens is 1. The Kier molecular flexibility index (Phi) is 4.03. The van der Waals surface area contributed by atoms with Gasteiger partial charge in [-0.05, 0) is 53.2 Å². The molecule has 0 aliphatic heterocycles. The Morgan fingerprint density at radius 2 is 2.38 bits per heavy atom. The van der Waals surface area contributed by atoms with Gasteiger partial charge in [-0.15, -0.1) is 11.3 Å². The minimum absolute atomic E-state index is 0.0644. The van der Waals surface area contributed by atoms with E-state index < -0.39 is 0 Å². The molecule has 16 heavy (non-hydrogen) atoms. The zero-order valence-corrected chi connectivity index (χ0v) is 11.8. The molecule has 4 heteroatoms. The Morgan fingerprint density at radius 1 is 1.62 bits per heavy atom. The molecule has 1 amide bonds. The van der Waals surface area contributed by atoms with Crippen molar-refractivity contribution in [1.82, 2.24) is 5.32 Å². The fourth-order valence-corrected chi connectivity index (χ4v) is 3.11. The normalized spacial score (nSPS) is 15.1. The summed E-state index contributed by atoms with van der Waals surface area (Å²) in [5, 5.41) is 2.97. The molecule has 2 nitrogen and oxygen atoms in total. The van der Waals surface area contributed by atoms with Gasteiger partial charge in [0.1, 0.15) is 0 Å². The molecule has 1 aliphatic rings. The maximum absolute atomic E-state index is 11.7. The zero-order valence-electron chi connectivity index (χ0n) is 9.38. The van der Waals surface area contributed by atoms with E-state index in [0.29, 0.717) is 0 Å². The first kappa shape index (κ1) is 12.1. The van der Waals surface area contributed by atoms with Gasteiger partial charge in [0.05, 0.1) is 8.66 Å². The number of amides is 1. The van der Waals surface area contributed by atoms with Crippen LogP contribution in [0.1, 0.15) is 40.9 Å². The maximum atomic E-state index is 11.7. The van der Waals surface area contributed by atoms with Crippen molar-refractivity contribution in [3.63, 3.8) is 0 Å². The van der Waals surface area contributed by atoms with Crippen molar-refractivity contribution < 1.29 is 4.79 Å². The van der Waals surface area contributed by atoms with Gasteiger partial charge in [0, 0.05) is 6.54 Å². The van der Waals surface area contributed by atoms with Crippen LogP contribution in [0.3, 0.4) is 0 Å². The molecule has 88 valence electrons. The van der Waals surface area contributed by atoms with Gasteiger partial charge in [0.25, 0.3) is 5.91 Å². The second kappa shape index (κ2) is 5.32. The van der Waals surface area contributed by atoms with Crippen molar-refractivity contribution in [1.29, 1.82) is 0 Å². The summed E-state index contributed by atoms with van der Waals surface area (Å²) in [4.78, 5) is 12.6. The molecule has 1 aromatic rings. The third kappa shape index (κ3) is 3.32. The van der Waals surface area contributed by atoms with Gasteiger partial charge < -0.3 is 5.32 Å². The number of rotatable bonds is 5. The molecule has 0 atom stereocenters. The summed E-state index contributed by atoms with van der Waals surface area (Å²) in [6.07, 6.45) is 5.17. The average Bonchev–Trinajstić information content (AvgIpc) is 3.01. The van der Waals surface area contributed by atoms with E-state index in [1.54, 1.807) is 0 Å². The smallest absolute Gasteiger partial charge is 0.261 e. The molecule has 1 N–H and O–H groups in total. The highest BCUT2D eigenvalue weighted by Crippen LogP contribution is 2.33. The highest BCUT2D eigenvalue weighted by atomic mass is 79.9. The molecular formula is C12H16BrNOS. The van der Waals surface area contributed by atoms with Crippen LogP contribution in [0.25, 0.3) is 0 Å². The molecule has 1 fully saturated rings.